The average molecular weight is 233 g/mol. The molecule has 2 atom stereocenters. The predicted molar refractivity (Wildman–Crippen MR) is 60.4 cm³/mol. The first kappa shape index (κ1) is 11.8. The van der Waals surface area contributed by atoms with Crippen LogP contribution in [0.4, 0.5) is 0 Å². The summed E-state index contributed by atoms with van der Waals surface area (Å²) in [7, 11) is 1.72. The number of nitriles is 1. The molecule has 5 heteroatoms. The van der Waals surface area contributed by atoms with Crippen molar-refractivity contribution < 1.29 is 9.47 Å². The van der Waals surface area contributed by atoms with Crippen molar-refractivity contribution in [1.29, 1.82) is 5.26 Å². The van der Waals surface area contributed by atoms with Crippen LogP contribution < -0.4 is 4.74 Å². The SMILES string of the molecule is COC1CCCC(Oc2nccnc2C#N)C1. The van der Waals surface area contributed by atoms with E-state index >= 15 is 0 Å². The van der Waals surface area contributed by atoms with E-state index in [2.05, 4.69) is 9.97 Å². The van der Waals surface area contributed by atoms with E-state index in [1.54, 1.807) is 7.11 Å². The minimum atomic E-state index is 0.0671. The van der Waals surface area contributed by atoms with Crippen molar-refractivity contribution in [2.45, 2.75) is 37.9 Å². The monoisotopic (exact) mass is 233 g/mol. The summed E-state index contributed by atoms with van der Waals surface area (Å²) in [6.45, 7) is 0. The molecule has 0 radical (unpaired) electrons. The standard InChI is InChI=1S/C12H15N3O2/c1-16-9-3-2-4-10(7-9)17-12-11(8-13)14-5-6-15-12/h5-6,9-10H,2-4,7H2,1H3. The Morgan fingerprint density at radius 2 is 2.06 bits per heavy atom. The summed E-state index contributed by atoms with van der Waals surface area (Å²) in [6, 6.07) is 1.98. The summed E-state index contributed by atoms with van der Waals surface area (Å²) in [5.41, 5.74) is 0.243. The Hall–Kier alpha value is -1.67. The highest BCUT2D eigenvalue weighted by atomic mass is 16.5. The van der Waals surface area contributed by atoms with Gasteiger partial charge in [-0.2, -0.15) is 5.26 Å². The van der Waals surface area contributed by atoms with Crippen molar-refractivity contribution in [1.82, 2.24) is 9.97 Å². The fraction of sp³-hybridized carbons (Fsp3) is 0.583. The Bertz CT molecular complexity index is 416. The smallest absolute Gasteiger partial charge is 0.251 e. The molecular formula is C12H15N3O2. The third-order valence-corrected chi connectivity index (χ3v) is 2.96. The molecule has 1 saturated carbocycles. The maximum absolute atomic E-state index is 8.89. The average Bonchev–Trinajstić information content (AvgIpc) is 2.39. The van der Waals surface area contributed by atoms with Gasteiger partial charge in [-0.1, -0.05) is 0 Å². The number of ether oxygens (including phenoxy) is 2. The summed E-state index contributed by atoms with van der Waals surface area (Å²) in [6.07, 6.45) is 7.30. The van der Waals surface area contributed by atoms with Gasteiger partial charge in [0.05, 0.1) is 6.10 Å². The molecule has 2 rings (SSSR count). The minimum Gasteiger partial charge on any atom is -0.472 e. The van der Waals surface area contributed by atoms with Crippen molar-refractivity contribution in [2.24, 2.45) is 0 Å². The zero-order valence-corrected chi connectivity index (χ0v) is 9.80. The van der Waals surface area contributed by atoms with E-state index in [9.17, 15) is 0 Å². The summed E-state index contributed by atoms with van der Waals surface area (Å²) in [5.74, 6) is 0.330. The highest BCUT2D eigenvalue weighted by molar-refractivity contribution is 5.30. The van der Waals surface area contributed by atoms with Crippen LogP contribution in [-0.4, -0.2) is 29.3 Å². The fourth-order valence-corrected chi connectivity index (χ4v) is 2.07. The largest absolute Gasteiger partial charge is 0.472 e. The van der Waals surface area contributed by atoms with Crippen LogP contribution in [0.5, 0.6) is 5.88 Å². The van der Waals surface area contributed by atoms with Crippen molar-refractivity contribution in [3.63, 3.8) is 0 Å². The molecule has 0 bridgehead atoms. The van der Waals surface area contributed by atoms with Gasteiger partial charge in [0.15, 0.2) is 0 Å². The second-order valence-electron chi connectivity index (χ2n) is 4.09. The summed E-state index contributed by atoms with van der Waals surface area (Å²) >= 11 is 0. The Balaban J connectivity index is 2.03. The first-order valence-corrected chi connectivity index (χ1v) is 5.74. The predicted octanol–water partition coefficient (Wildman–Crippen LogP) is 1.68. The molecule has 0 saturated heterocycles. The molecule has 90 valence electrons. The van der Waals surface area contributed by atoms with Crippen LogP contribution in [0, 0.1) is 11.3 Å². The van der Waals surface area contributed by atoms with Gasteiger partial charge in [-0.3, -0.25) is 0 Å². The highest BCUT2D eigenvalue weighted by Crippen LogP contribution is 2.25. The lowest BCUT2D eigenvalue weighted by Gasteiger charge is -2.28. The Labute approximate surface area is 100 Å². The second-order valence-corrected chi connectivity index (χ2v) is 4.09. The molecule has 1 aliphatic carbocycles. The van der Waals surface area contributed by atoms with Crippen LogP contribution >= 0.6 is 0 Å². The number of nitrogens with zero attached hydrogens (tertiary/aromatic N) is 3. The van der Waals surface area contributed by atoms with E-state index in [0.717, 1.165) is 25.7 Å². The maximum atomic E-state index is 8.89. The quantitative estimate of drug-likeness (QED) is 0.794. The van der Waals surface area contributed by atoms with Crippen LogP contribution in [0.3, 0.4) is 0 Å². The van der Waals surface area contributed by atoms with Crippen molar-refractivity contribution in [2.75, 3.05) is 7.11 Å². The molecule has 0 amide bonds. The Kier molecular flexibility index (Phi) is 3.89. The molecule has 0 aromatic carbocycles. The van der Waals surface area contributed by atoms with Crippen LogP contribution in [0.15, 0.2) is 12.4 Å². The van der Waals surface area contributed by atoms with Crippen LogP contribution in [0.2, 0.25) is 0 Å². The third kappa shape index (κ3) is 2.92. The zero-order chi connectivity index (χ0) is 12.1. The highest BCUT2D eigenvalue weighted by Gasteiger charge is 2.24. The number of methoxy groups -OCH3 is 1. The molecule has 1 aromatic rings. The molecule has 1 heterocycles. The van der Waals surface area contributed by atoms with Gasteiger partial charge in [0.2, 0.25) is 5.69 Å². The van der Waals surface area contributed by atoms with Gasteiger partial charge < -0.3 is 9.47 Å². The molecule has 0 N–H and O–H groups in total. The number of rotatable bonds is 3. The number of hydrogen-bond donors (Lipinski definition) is 0. The Morgan fingerprint density at radius 3 is 2.82 bits per heavy atom. The van der Waals surface area contributed by atoms with Crippen LogP contribution in [0.25, 0.3) is 0 Å². The molecular weight excluding hydrogens is 218 g/mol. The van der Waals surface area contributed by atoms with Crippen LogP contribution in [-0.2, 0) is 4.74 Å². The first-order valence-electron chi connectivity index (χ1n) is 5.74. The summed E-state index contributed by atoms with van der Waals surface area (Å²) in [5, 5.41) is 8.89. The molecule has 0 spiro atoms. The molecule has 0 aliphatic heterocycles. The van der Waals surface area contributed by atoms with Gasteiger partial charge in [0, 0.05) is 25.9 Å². The van der Waals surface area contributed by atoms with Gasteiger partial charge in [0.1, 0.15) is 12.2 Å². The van der Waals surface area contributed by atoms with E-state index < -0.39 is 0 Å². The van der Waals surface area contributed by atoms with Gasteiger partial charge in [0.25, 0.3) is 5.88 Å². The molecule has 17 heavy (non-hydrogen) atoms. The zero-order valence-electron chi connectivity index (χ0n) is 9.80. The summed E-state index contributed by atoms with van der Waals surface area (Å²) < 4.78 is 11.1. The van der Waals surface area contributed by atoms with E-state index in [4.69, 9.17) is 14.7 Å². The first-order chi connectivity index (χ1) is 8.33. The minimum absolute atomic E-state index is 0.0671. The second kappa shape index (κ2) is 5.60. The Morgan fingerprint density at radius 1 is 1.29 bits per heavy atom. The van der Waals surface area contributed by atoms with E-state index in [1.165, 1.54) is 12.4 Å². The number of aromatic nitrogens is 2. The lowest BCUT2D eigenvalue weighted by atomic mass is 9.95. The van der Waals surface area contributed by atoms with Crippen molar-refractivity contribution in [3.05, 3.63) is 18.1 Å². The van der Waals surface area contributed by atoms with Gasteiger partial charge in [-0.05, 0) is 19.3 Å². The van der Waals surface area contributed by atoms with Gasteiger partial charge in [-0.15, -0.1) is 0 Å². The van der Waals surface area contributed by atoms with E-state index in [0.29, 0.717) is 5.88 Å². The number of hydrogen-bond acceptors (Lipinski definition) is 5. The summed E-state index contributed by atoms with van der Waals surface area (Å²) in [4.78, 5) is 7.97. The lowest BCUT2D eigenvalue weighted by Crippen LogP contribution is -2.30. The van der Waals surface area contributed by atoms with E-state index in [-0.39, 0.29) is 17.9 Å². The van der Waals surface area contributed by atoms with Crippen molar-refractivity contribution in [3.8, 4) is 11.9 Å². The molecule has 1 fully saturated rings. The molecule has 1 aromatic heterocycles. The molecule has 2 unspecified atom stereocenters. The lowest BCUT2D eigenvalue weighted by molar-refractivity contribution is 0.0192. The molecule has 5 nitrogen and oxygen atoms in total. The van der Waals surface area contributed by atoms with Gasteiger partial charge >= 0.3 is 0 Å². The van der Waals surface area contributed by atoms with Crippen molar-refractivity contribution >= 4 is 0 Å². The fourth-order valence-electron chi connectivity index (χ4n) is 2.07. The van der Waals surface area contributed by atoms with Gasteiger partial charge in [-0.25, -0.2) is 9.97 Å². The maximum Gasteiger partial charge on any atom is 0.251 e. The molecule has 1 aliphatic rings. The topological polar surface area (TPSA) is 68.0 Å². The van der Waals surface area contributed by atoms with Crippen LogP contribution in [0.1, 0.15) is 31.4 Å². The van der Waals surface area contributed by atoms with E-state index in [1.807, 2.05) is 6.07 Å². The normalized spacial score (nSPS) is 24.0. The third-order valence-electron chi connectivity index (χ3n) is 2.96.